The van der Waals surface area contributed by atoms with Crippen LogP contribution in [0.1, 0.15) is 17.5 Å². The minimum absolute atomic E-state index is 0.105. The molecule has 1 aromatic rings. The number of nitrogens with zero attached hydrogens (tertiary/aromatic N) is 1. The Bertz CT molecular complexity index is 679. The lowest BCUT2D eigenvalue weighted by atomic mass is 9.71. The van der Waals surface area contributed by atoms with Crippen LogP contribution >= 0.6 is 0 Å². The number of aromatic hydroxyl groups is 1. The number of benzene rings is 1. The zero-order chi connectivity index (χ0) is 15.3. The second-order valence-corrected chi connectivity index (χ2v) is 6.23. The summed E-state index contributed by atoms with van der Waals surface area (Å²) >= 11 is 0. The maximum absolute atomic E-state index is 10.3. The van der Waals surface area contributed by atoms with Crippen LogP contribution in [-0.4, -0.2) is 43.4 Å². The number of hydrogen-bond acceptors (Lipinski definition) is 4. The van der Waals surface area contributed by atoms with Crippen LogP contribution in [0.3, 0.4) is 0 Å². The van der Waals surface area contributed by atoms with Gasteiger partial charge in [0.25, 0.3) is 0 Å². The molecule has 3 aliphatic rings. The highest BCUT2D eigenvalue weighted by Gasteiger charge is 2.50. The van der Waals surface area contributed by atoms with Crippen LogP contribution in [-0.2, 0) is 16.7 Å². The molecule has 0 saturated carbocycles. The molecule has 1 spiro atoms. The molecule has 2 aliphatic heterocycles. The van der Waals surface area contributed by atoms with E-state index in [0.29, 0.717) is 5.75 Å². The minimum Gasteiger partial charge on any atom is -0.504 e. The summed E-state index contributed by atoms with van der Waals surface area (Å²) in [4.78, 5) is 2.51. The van der Waals surface area contributed by atoms with E-state index in [1.165, 1.54) is 16.7 Å². The summed E-state index contributed by atoms with van der Waals surface area (Å²) in [5.74, 6) is 0.772. The third-order valence-corrected chi connectivity index (χ3v) is 5.34. The van der Waals surface area contributed by atoms with Gasteiger partial charge in [-0.3, -0.25) is 4.90 Å². The summed E-state index contributed by atoms with van der Waals surface area (Å²) < 4.78 is 10.9. The van der Waals surface area contributed by atoms with Crippen LogP contribution in [0.2, 0.25) is 0 Å². The predicted octanol–water partition coefficient (Wildman–Crippen LogP) is 2.37. The van der Waals surface area contributed by atoms with Crippen molar-refractivity contribution in [2.75, 3.05) is 27.3 Å². The average Bonchev–Trinajstić information content (AvgIpc) is 2.93. The van der Waals surface area contributed by atoms with Crippen molar-refractivity contribution in [3.8, 4) is 11.5 Å². The molecule has 1 N–H and O–H groups in total. The smallest absolute Gasteiger partial charge is 0.160 e. The molecule has 2 atom stereocenters. The zero-order valence-electron chi connectivity index (χ0n) is 13.0. The predicted molar refractivity (Wildman–Crippen MR) is 84.3 cm³/mol. The van der Waals surface area contributed by atoms with Gasteiger partial charge in [-0.2, -0.15) is 0 Å². The quantitative estimate of drug-likeness (QED) is 0.910. The molecule has 4 heteroatoms. The second kappa shape index (κ2) is 4.86. The number of phenols is 1. The van der Waals surface area contributed by atoms with Gasteiger partial charge in [-0.25, -0.2) is 0 Å². The topological polar surface area (TPSA) is 41.9 Å². The Morgan fingerprint density at radius 3 is 2.95 bits per heavy atom. The third-order valence-electron chi connectivity index (χ3n) is 5.34. The van der Waals surface area contributed by atoms with Crippen molar-refractivity contribution < 1.29 is 14.6 Å². The van der Waals surface area contributed by atoms with Gasteiger partial charge in [-0.05, 0) is 35.3 Å². The van der Waals surface area contributed by atoms with Crippen LogP contribution in [0.15, 0.2) is 35.9 Å². The van der Waals surface area contributed by atoms with Gasteiger partial charge in [-0.1, -0.05) is 18.2 Å². The van der Waals surface area contributed by atoms with Gasteiger partial charge in [0.2, 0.25) is 0 Å². The fraction of sp³-hybridized carbons (Fsp3) is 0.444. The molecule has 22 heavy (non-hydrogen) atoms. The first-order valence-electron chi connectivity index (χ1n) is 7.76. The van der Waals surface area contributed by atoms with Gasteiger partial charge < -0.3 is 14.6 Å². The molecule has 4 nitrogen and oxygen atoms in total. The summed E-state index contributed by atoms with van der Waals surface area (Å²) in [6, 6.07) is 3.89. The molecule has 1 aliphatic carbocycles. The zero-order valence-corrected chi connectivity index (χ0v) is 13.0. The summed E-state index contributed by atoms with van der Waals surface area (Å²) in [5.41, 5.74) is 3.63. The van der Waals surface area contributed by atoms with E-state index in [1.54, 1.807) is 14.2 Å². The Hall–Kier alpha value is -1.78. The van der Waals surface area contributed by atoms with E-state index in [0.717, 1.165) is 25.9 Å². The number of rotatable bonds is 2. The van der Waals surface area contributed by atoms with Crippen molar-refractivity contribution in [1.29, 1.82) is 0 Å². The highest BCUT2D eigenvalue weighted by molar-refractivity contribution is 5.57. The largest absolute Gasteiger partial charge is 0.504 e. The normalized spacial score (nSPS) is 29.5. The molecule has 4 rings (SSSR count). The van der Waals surface area contributed by atoms with E-state index in [-0.39, 0.29) is 17.4 Å². The first-order chi connectivity index (χ1) is 10.7. The molecule has 0 unspecified atom stereocenters. The number of fused-ring (bicyclic) bond motifs is 1. The van der Waals surface area contributed by atoms with Crippen molar-refractivity contribution in [3.05, 3.63) is 47.1 Å². The molecule has 0 radical (unpaired) electrons. The Morgan fingerprint density at radius 2 is 2.18 bits per heavy atom. The fourth-order valence-electron chi connectivity index (χ4n) is 4.24. The maximum atomic E-state index is 10.3. The number of ether oxygens (including phenoxy) is 2. The van der Waals surface area contributed by atoms with Crippen molar-refractivity contribution in [3.63, 3.8) is 0 Å². The van der Waals surface area contributed by atoms with Crippen LogP contribution in [0.25, 0.3) is 0 Å². The van der Waals surface area contributed by atoms with Crippen molar-refractivity contribution in [2.24, 2.45) is 0 Å². The Kier molecular flexibility index (Phi) is 3.06. The summed E-state index contributed by atoms with van der Waals surface area (Å²) in [6.45, 7) is 1.98. The van der Waals surface area contributed by atoms with E-state index in [4.69, 9.17) is 9.47 Å². The Balaban J connectivity index is 1.91. The van der Waals surface area contributed by atoms with Crippen LogP contribution < -0.4 is 4.74 Å². The second-order valence-electron chi connectivity index (χ2n) is 6.23. The van der Waals surface area contributed by atoms with E-state index in [2.05, 4.69) is 23.1 Å². The first kappa shape index (κ1) is 13.9. The van der Waals surface area contributed by atoms with Crippen LogP contribution in [0.5, 0.6) is 11.5 Å². The number of methoxy groups -OCH3 is 2. The lowest BCUT2D eigenvalue weighted by Crippen LogP contribution is -2.51. The molecule has 0 bridgehead atoms. The first-order valence-corrected chi connectivity index (χ1v) is 7.76. The molecule has 116 valence electrons. The van der Waals surface area contributed by atoms with E-state index in [1.807, 2.05) is 12.1 Å². The minimum atomic E-state index is -0.160. The van der Waals surface area contributed by atoms with Gasteiger partial charge >= 0.3 is 0 Å². The van der Waals surface area contributed by atoms with Gasteiger partial charge in [0.15, 0.2) is 11.5 Å². The highest BCUT2D eigenvalue weighted by Crippen LogP contribution is 2.52. The average molecular weight is 299 g/mol. The fourth-order valence-corrected chi connectivity index (χ4v) is 4.24. The van der Waals surface area contributed by atoms with Gasteiger partial charge in [0, 0.05) is 26.6 Å². The molecule has 0 saturated heterocycles. The standard InChI is InChI=1S/C18H21NO3/c1-21-14-4-3-13-6-8-19-7-5-12-9-17(22-2)16(20)10-15(12)18(13,19)11-14/h3-4,6,9-10,14,20H,5,7-8,11H2,1-2H3/t14-,18-/m0/s1. The van der Waals surface area contributed by atoms with Crippen LogP contribution in [0, 0.1) is 0 Å². The number of hydrogen-bond donors (Lipinski definition) is 1. The molecular weight excluding hydrogens is 278 g/mol. The molecule has 0 aromatic heterocycles. The molecule has 0 amide bonds. The Labute approximate surface area is 130 Å². The SMILES string of the molecule is COc1cc2c(cc1O)[C@]13C[C@@H](OC)C=CC1=CCN3CC2. The monoisotopic (exact) mass is 299 g/mol. The summed E-state index contributed by atoms with van der Waals surface area (Å²) in [6.07, 6.45) is 8.61. The molecular formula is C18H21NO3. The van der Waals surface area contributed by atoms with Crippen LogP contribution in [0.4, 0.5) is 0 Å². The lowest BCUT2D eigenvalue weighted by molar-refractivity contribution is 0.0513. The highest BCUT2D eigenvalue weighted by atomic mass is 16.5. The van der Waals surface area contributed by atoms with E-state index >= 15 is 0 Å². The molecule has 2 heterocycles. The number of phenolic OH excluding ortho intramolecular Hbond substituents is 1. The van der Waals surface area contributed by atoms with Crippen molar-refractivity contribution >= 4 is 0 Å². The van der Waals surface area contributed by atoms with Gasteiger partial charge in [0.1, 0.15) is 0 Å². The molecule has 1 aromatic carbocycles. The molecule has 0 fully saturated rings. The van der Waals surface area contributed by atoms with E-state index in [9.17, 15) is 5.11 Å². The lowest BCUT2D eigenvalue weighted by Gasteiger charge is -2.48. The van der Waals surface area contributed by atoms with E-state index < -0.39 is 0 Å². The van der Waals surface area contributed by atoms with Gasteiger partial charge in [0.05, 0.1) is 18.8 Å². The van der Waals surface area contributed by atoms with Crippen molar-refractivity contribution in [2.45, 2.75) is 24.5 Å². The van der Waals surface area contributed by atoms with Crippen molar-refractivity contribution in [1.82, 2.24) is 4.90 Å². The third kappa shape index (κ3) is 1.71. The summed E-state index contributed by atoms with van der Waals surface area (Å²) in [7, 11) is 3.36. The van der Waals surface area contributed by atoms with Gasteiger partial charge in [-0.15, -0.1) is 0 Å². The Morgan fingerprint density at radius 1 is 1.32 bits per heavy atom. The summed E-state index contributed by atoms with van der Waals surface area (Å²) in [5, 5.41) is 10.3. The maximum Gasteiger partial charge on any atom is 0.160 e.